The predicted molar refractivity (Wildman–Crippen MR) is 242 cm³/mol. The van der Waals surface area contributed by atoms with Crippen LogP contribution in [0.2, 0.25) is 0 Å². The summed E-state index contributed by atoms with van der Waals surface area (Å²) in [4.78, 5) is 2.45. The van der Waals surface area contributed by atoms with Crippen molar-refractivity contribution in [2.24, 2.45) is 0 Å². The lowest BCUT2D eigenvalue weighted by molar-refractivity contribution is 0.660. The van der Waals surface area contributed by atoms with Gasteiger partial charge in [0.15, 0.2) is 0 Å². The summed E-state index contributed by atoms with van der Waals surface area (Å²) in [6, 6.07) is 70.0. The van der Waals surface area contributed by atoms with Crippen molar-refractivity contribution in [3.63, 3.8) is 0 Å². The van der Waals surface area contributed by atoms with Crippen molar-refractivity contribution in [1.82, 2.24) is 0 Å². The van der Waals surface area contributed by atoms with Gasteiger partial charge in [-0.1, -0.05) is 167 Å². The minimum atomic E-state index is -0.174. The summed E-state index contributed by atoms with van der Waals surface area (Å²) in [6.07, 6.45) is 0. The van der Waals surface area contributed by atoms with Gasteiger partial charge in [0.1, 0.15) is 0 Å². The smallest absolute Gasteiger partial charge is 0.0465 e. The highest BCUT2D eigenvalue weighted by Crippen LogP contribution is 2.54. The number of rotatable bonds is 5. The van der Waals surface area contributed by atoms with E-state index in [1.807, 2.05) is 0 Å². The third-order valence-corrected chi connectivity index (χ3v) is 13.1. The molecular formula is C56H43N. The lowest BCUT2D eigenvalue weighted by Crippen LogP contribution is -2.18. The van der Waals surface area contributed by atoms with E-state index < -0.39 is 0 Å². The fourth-order valence-corrected chi connectivity index (χ4v) is 10.0. The van der Waals surface area contributed by atoms with Crippen molar-refractivity contribution in [2.75, 3.05) is 4.90 Å². The van der Waals surface area contributed by atoms with E-state index in [4.69, 9.17) is 0 Å². The number of hydrogen-bond acceptors (Lipinski definition) is 1. The van der Waals surface area contributed by atoms with Crippen LogP contribution >= 0.6 is 0 Å². The maximum Gasteiger partial charge on any atom is 0.0465 e. The Morgan fingerprint density at radius 1 is 0.298 bits per heavy atom. The van der Waals surface area contributed by atoms with Crippen molar-refractivity contribution >= 4 is 38.6 Å². The number of para-hydroxylation sites is 1. The van der Waals surface area contributed by atoms with Gasteiger partial charge in [0.2, 0.25) is 0 Å². The highest BCUT2D eigenvalue weighted by atomic mass is 15.1. The van der Waals surface area contributed by atoms with Crippen LogP contribution in [0.4, 0.5) is 17.1 Å². The molecule has 0 amide bonds. The minimum Gasteiger partial charge on any atom is -0.310 e. The van der Waals surface area contributed by atoms with Crippen LogP contribution in [0.15, 0.2) is 188 Å². The fourth-order valence-electron chi connectivity index (χ4n) is 10.0. The van der Waals surface area contributed by atoms with E-state index in [0.717, 1.165) is 5.69 Å². The van der Waals surface area contributed by atoms with Crippen molar-refractivity contribution < 1.29 is 0 Å². The van der Waals surface area contributed by atoms with E-state index in [1.165, 1.54) is 99.7 Å². The van der Waals surface area contributed by atoms with Gasteiger partial charge in [-0.15, -0.1) is 0 Å². The zero-order valence-electron chi connectivity index (χ0n) is 32.8. The molecule has 0 heterocycles. The minimum absolute atomic E-state index is 0.174. The molecule has 0 N–H and O–H groups in total. The van der Waals surface area contributed by atoms with Gasteiger partial charge in [0.25, 0.3) is 0 Å². The number of hydrogen-bond donors (Lipinski definition) is 0. The Morgan fingerprint density at radius 3 is 1.16 bits per heavy atom. The topological polar surface area (TPSA) is 3.24 Å². The van der Waals surface area contributed by atoms with Crippen LogP contribution < -0.4 is 4.90 Å². The summed E-state index contributed by atoms with van der Waals surface area (Å²) >= 11 is 0. The molecule has 57 heavy (non-hydrogen) atoms. The first-order chi connectivity index (χ1) is 27.8. The molecule has 0 aromatic heterocycles. The van der Waals surface area contributed by atoms with Crippen molar-refractivity contribution in [3.05, 3.63) is 210 Å². The van der Waals surface area contributed by atoms with E-state index in [0.29, 0.717) is 0 Å². The number of nitrogens with zero attached hydrogens (tertiary/aromatic N) is 1. The molecule has 0 atom stereocenters. The molecule has 0 unspecified atom stereocenters. The largest absolute Gasteiger partial charge is 0.310 e. The molecule has 9 aromatic carbocycles. The Bertz CT molecular complexity index is 2870. The molecule has 0 saturated heterocycles. The van der Waals surface area contributed by atoms with Crippen LogP contribution in [-0.4, -0.2) is 0 Å². The summed E-state index contributed by atoms with van der Waals surface area (Å²) in [5, 5.41) is 5.13. The van der Waals surface area contributed by atoms with E-state index in [2.05, 4.69) is 221 Å². The lowest BCUT2D eigenvalue weighted by Gasteiger charge is -2.29. The molecule has 0 fully saturated rings. The first-order valence-electron chi connectivity index (χ1n) is 20.2. The van der Waals surface area contributed by atoms with Gasteiger partial charge in [0, 0.05) is 27.9 Å². The van der Waals surface area contributed by atoms with E-state index >= 15 is 0 Å². The third kappa shape index (κ3) is 5.08. The van der Waals surface area contributed by atoms with Crippen LogP contribution in [0, 0.1) is 0 Å². The second-order valence-electron chi connectivity index (χ2n) is 17.0. The Hall–Kier alpha value is -6.70. The van der Waals surface area contributed by atoms with Crippen LogP contribution in [0.3, 0.4) is 0 Å². The maximum absolute atomic E-state index is 2.45. The number of anilines is 3. The van der Waals surface area contributed by atoms with Crippen molar-refractivity contribution in [2.45, 2.75) is 38.5 Å². The summed E-state index contributed by atoms with van der Waals surface area (Å²) in [7, 11) is 0. The molecule has 0 bridgehead atoms. The molecule has 0 saturated carbocycles. The van der Waals surface area contributed by atoms with Crippen LogP contribution in [0.5, 0.6) is 0 Å². The van der Waals surface area contributed by atoms with Crippen LogP contribution in [-0.2, 0) is 10.8 Å². The van der Waals surface area contributed by atoms with E-state index in [1.54, 1.807) is 0 Å². The Morgan fingerprint density at radius 2 is 0.684 bits per heavy atom. The first kappa shape index (κ1) is 33.6. The normalized spacial score (nSPS) is 14.2. The molecule has 11 rings (SSSR count). The summed E-state index contributed by atoms with van der Waals surface area (Å²) < 4.78 is 0. The SMILES string of the molecule is CC1(C)c2cc(-c3cccc4ccccc34)ccc2-c2ccc(N(c3ccccc3)c3ccc4c(c3)C(C)(C)c3cc(-c5cccc6ccccc56)ccc3-4)cc21. The molecule has 0 aliphatic heterocycles. The molecule has 272 valence electrons. The van der Waals surface area contributed by atoms with Gasteiger partial charge in [-0.25, -0.2) is 0 Å². The van der Waals surface area contributed by atoms with Gasteiger partial charge in [-0.05, 0) is 137 Å². The van der Waals surface area contributed by atoms with Crippen molar-refractivity contribution in [3.8, 4) is 44.5 Å². The highest BCUT2D eigenvalue weighted by molar-refractivity contribution is 5.99. The fraction of sp³-hybridized carbons (Fsp3) is 0.107. The van der Waals surface area contributed by atoms with Gasteiger partial charge in [-0.3, -0.25) is 0 Å². The lowest BCUT2D eigenvalue weighted by atomic mass is 9.81. The Balaban J connectivity index is 0.997. The highest BCUT2D eigenvalue weighted by Gasteiger charge is 2.38. The standard InChI is InChI=1S/C56H43N/c1-55(2)51-32-38(45-22-12-16-36-14-8-10-20-43(36)45)24-28-47(51)49-30-26-41(34-53(49)55)57(40-18-6-5-7-19-40)42-27-31-50-48-29-25-39(33-52(48)56(3,4)54(50)35-42)46-23-13-17-37-15-9-11-21-44(37)46/h5-35H,1-4H3. The second kappa shape index (κ2) is 12.4. The summed E-state index contributed by atoms with van der Waals surface area (Å²) in [5.74, 6) is 0. The zero-order valence-corrected chi connectivity index (χ0v) is 32.8. The molecule has 2 aliphatic carbocycles. The Labute approximate surface area is 335 Å². The summed E-state index contributed by atoms with van der Waals surface area (Å²) in [5.41, 5.74) is 19.0. The maximum atomic E-state index is 2.45. The quantitative estimate of drug-likeness (QED) is 0.170. The third-order valence-electron chi connectivity index (χ3n) is 13.1. The first-order valence-corrected chi connectivity index (χ1v) is 20.2. The second-order valence-corrected chi connectivity index (χ2v) is 17.0. The molecule has 1 nitrogen and oxygen atoms in total. The average molecular weight is 730 g/mol. The van der Waals surface area contributed by atoms with Crippen LogP contribution in [0.1, 0.15) is 49.9 Å². The summed E-state index contributed by atoms with van der Waals surface area (Å²) in [6.45, 7) is 9.57. The van der Waals surface area contributed by atoms with Gasteiger partial charge < -0.3 is 4.90 Å². The van der Waals surface area contributed by atoms with E-state index in [-0.39, 0.29) is 10.8 Å². The van der Waals surface area contributed by atoms with Crippen LogP contribution in [0.25, 0.3) is 66.1 Å². The Kier molecular flexibility index (Phi) is 7.32. The number of fused-ring (bicyclic) bond motifs is 8. The number of benzene rings is 9. The average Bonchev–Trinajstić information content (AvgIpc) is 3.61. The molecule has 1 heteroatoms. The molecular weight excluding hydrogens is 687 g/mol. The van der Waals surface area contributed by atoms with Gasteiger partial charge in [0.05, 0.1) is 0 Å². The van der Waals surface area contributed by atoms with Gasteiger partial charge in [-0.2, -0.15) is 0 Å². The predicted octanol–water partition coefficient (Wildman–Crippen LogP) is 15.4. The molecule has 9 aromatic rings. The van der Waals surface area contributed by atoms with E-state index in [9.17, 15) is 0 Å². The van der Waals surface area contributed by atoms with Crippen molar-refractivity contribution in [1.29, 1.82) is 0 Å². The monoisotopic (exact) mass is 729 g/mol. The molecule has 2 aliphatic rings. The zero-order chi connectivity index (χ0) is 38.5. The van der Waals surface area contributed by atoms with Gasteiger partial charge >= 0.3 is 0 Å². The molecule has 0 spiro atoms. The molecule has 0 radical (unpaired) electrons.